The number of hydrogen-bond donors (Lipinski definition) is 1. The van der Waals surface area contributed by atoms with E-state index in [0.717, 1.165) is 0 Å². The van der Waals surface area contributed by atoms with Crippen molar-refractivity contribution < 1.29 is 13.5 Å². The van der Waals surface area contributed by atoms with Gasteiger partial charge >= 0.3 is 0 Å². The van der Waals surface area contributed by atoms with Gasteiger partial charge < -0.3 is 10.5 Å². The fourth-order valence-corrected chi connectivity index (χ4v) is 2.33. The molecule has 2 aromatic rings. The van der Waals surface area contributed by atoms with Crippen molar-refractivity contribution in [1.29, 1.82) is 0 Å². The summed E-state index contributed by atoms with van der Waals surface area (Å²) in [7, 11) is 3.08. The van der Waals surface area contributed by atoms with Crippen LogP contribution in [0.1, 0.15) is 17.3 Å². The van der Waals surface area contributed by atoms with Gasteiger partial charge in [-0.1, -0.05) is 15.9 Å². The van der Waals surface area contributed by atoms with Gasteiger partial charge in [-0.05, 0) is 12.1 Å². The molecule has 0 aliphatic rings. The zero-order valence-corrected chi connectivity index (χ0v) is 11.9. The van der Waals surface area contributed by atoms with E-state index in [1.54, 1.807) is 7.05 Å². The quantitative estimate of drug-likeness (QED) is 0.940. The highest BCUT2D eigenvalue weighted by atomic mass is 79.9. The summed E-state index contributed by atoms with van der Waals surface area (Å²) in [5.41, 5.74) is 6.14. The molecule has 102 valence electrons. The van der Waals surface area contributed by atoms with Gasteiger partial charge in [0, 0.05) is 17.1 Å². The Morgan fingerprint density at radius 2 is 1.95 bits per heavy atom. The lowest BCUT2D eigenvalue weighted by Crippen LogP contribution is -2.19. The van der Waals surface area contributed by atoms with E-state index in [-0.39, 0.29) is 5.56 Å². The fourth-order valence-electron chi connectivity index (χ4n) is 1.93. The van der Waals surface area contributed by atoms with Crippen LogP contribution in [0.3, 0.4) is 0 Å². The molecule has 7 heteroatoms. The second-order valence-corrected chi connectivity index (χ2v) is 4.90. The number of benzene rings is 1. The second-order valence-electron chi connectivity index (χ2n) is 3.98. The highest BCUT2D eigenvalue weighted by molar-refractivity contribution is 9.10. The van der Waals surface area contributed by atoms with Crippen molar-refractivity contribution in [2.45, 2.75) is 6.04 Å². The van der Waals surface area contributed by atoms with Crippen LogP contribution in [0.5, 0.6) is 5.75 Å². The number of aromatic nitrogens is 2. The minimum Gasteiger partial charge on any atom is -0.493 e. The highest BCUT2D eigenvalue weighted by Crippen LogP contribution is 2.31. The molecule has 2 rings (SSSR count). The topological polar surface area (TPSA) is 53.1 Å². The summed E-state index contributed by atoms with van der Waals surface area (Å²) in [5, 5.41) is 3.97. The maximum Gasteiger partial charge on any atom is 0.161 e. The zero-order valence-electron chi connectivity index (χ0n) is 10.3. The van der Waals surface area contributed by atoms with E-state index in [1.807, 2.05) is 0 Å². The van der Waals surface area contributed by atoms with Gasteiger partial charge in [0.15, 0.2) is 5.75 Å². The van der Waals surface area contributed by atoms with Crippen molar-refractivity contribution in [3.05, 3.63) is 45.7 Å². The van der Waals surface area contributed by atoms with Crippen LogP contribution >= 0.6 is 15.9 Å². The average Bonchev–Trinajstić information content (AvgIpc) is 2.68. The lowest BCUT2D eigenvalue weighted by Gasteiger charge is -2.16. The maximum atomic E-state index is 13.9. The molecular formula is C12H12BrF2N3O. The summed E-state index contributed by atoms with van der Waals surface area (Å²) >= 11 is 3.02. The van der Waals surface area contributed by atoms with E-state index in [1.165, 1.54) is 30.1 Å². The molecule has 0 saturated heterocycles. The van der Waals surface area contributed by atoms with Crippen molar-refractivity contribution in [3.63, 3.8) is 0 Å². The Labute approximate surface area is 117 Å². The van der Waals surface area contributed by atoms with Gasteiger partial charge in [-0.15, -0.1) is 0 Å². The monoisotopic (exact) mass is 331 g/mol. The third-order valence-electron chi connectivity index (χ3n) is 2.82. The van der Waals surface area contributed by atoms with Crippen molar-refractivity contribution in [1.82, 2.24) is 9.78 Å². The smallest absolute Gasteiger partial charge is 0.161 e. The molecule has 0 bridgehead atoms. The Balaban J connectivity index is 2.56. The molecule has 4 nitrogen and oxygen atoms in total. The minimum absolute atomic E-state index is 0.217. The summed E-state index contributed by atoms with van der Waals surface area (Å²) in [6, 6.07) is 1.33. The number of halogens is 3. The zero-order chi connectivity index (χ0) is 14.2. The Kier molecular flexibility index (Phi) is 3.86. The first-order chi connectivity index (χ1) is 8.95. The number of methoxy groups -OCH3 is 1. The van der Waals surface area contributed by atoms with Crippen molar-refractivity contribution in [3.8, 4) is 5.75 Å². The first kappa shape index (κ1) is 14.0. The number of aryl methyl sites for hydroxylation is 1. The predicted octanol–water partition coefficient (Wildman–Crippen LogP) is 2.52. The Bertz CT molecular complexity index is 592. The summed E-state index contributed by atoms with van der Waals surface area (Å²) in [6.07, 6.45) is 1.45. The molecule has 1 aromatic heterocycles. The second kappa shape index (κ2) is 5.26. The summed E-state index contributed by atoms with van der Waals surface area (Å²) in [6.45, 7) is 0. The van der Waals surface area contributed by atoms with Gasteiger partial charge in [-0.25, -0.2) is 8.78 Å². The largest absolute Gasteiger partial charge is 0.493 e. The summed E-state index contributed by atoms with van der Waals surface area (Å²) in [4.78, 5) is 0. The highest BCUT2D eigenvalue weighted by Gasteiger charge is 2.25. The average molecular weight is 332 g/mol. The molecular weight excluding hydrogens is 320 g/mol. The lowest BCUT2D eigenvalue weighted by molar-refractivity contribution is 0.404. The number of hydrogen-bond acceptors (Lipinski definition) is 3. The number of rotatable bonds is 3. The molecule has 0 radical (unpaired) electrons. The standard InChI is InChI=1S/C12H12BrF2N3O/c1-18-12(9(19-2)5-17-18)11(16)10-7(14)3-6(13)4-8(10)15/h3-5,11H,16H2,1-2H3. The third-order valence-corrected chi connectivity index (χ3v) is 3.28. The van der Waals surface area contributed by atoms with Crippen molar-refractivity contribution in [2.75, 3.05) is 7.11 Å². The molecule has 1 heterocycles. The van der Waals surface area contributed by atoms with Crippen LogP contribution in [-0.2, 0) is 7.05 Å². The summed E-state index contributed by atoms with van der Waals surface area (Å²) in [5.74, 6) is -1.05. The van der Waals surface area contributed by atoms with E-state index in [0.29, 0.717) is 15.9 Å². The molecule has 2 N–H and O–H groups in total. The van der Waals surface area contributed by atoms with Crippen molar-refractivity contribution in [2.24, 2.45) is 12.8 Å². The number of nitrogens with two attached hydrogens (primary N) is 1. The Morgan fingerprint density at radius 3 is 2.47 bits per heavy atom. The normalized spacial score (nSPS) is 12.5. The molecule has 0 saturated carbocycles. The van der Waals surface area contributed by atoms with E-state index < -0.39 is 17.7 Å². The van der Waals surface area contributed by atoms with E-state index in [4.69, 9.17) is 10.5 Å². The van der Waals surface area contributed by atoms with Crippen LogP contribution in [0, 0.1) is 11.6 Å². The minimum atomic E-state index is -1.00. The lowest BCUT2D eigenvalue weighted by atomic mass is 10.0. The van der Waals surface area contributed by atoms with Crippen LogP contribution in [0.2, 0.25) is 0 Å². The SMILES string of the molecule is COc1cnn(C)c1C(N)c1c(F)cc(Br)cc1F. The van der Waals surface area contributed by atoms with E-state index >= 15 is 0 Å². The van der Waals surface area contributed by atoms with Crippen LogP contribution in [-0.4, -0.2) is 16.9 Å². The maximum absolute atomic E-state index is 13.9. The third kappa shape index (κ3) is 2.48. The van der Waals surface area contributed by atoms with Gasteiger partial charge in [-0.3, -0.25) is 4.68 Å². The molecule has 0 spiro atoms. The van der Waals surface area contributed by atoms with Gasteiger partial charge in [0.05, 0.1) is 19.3 Å². The number of nitrogens with zero attached hydrogens (tertiary/aromatic N) is 2. The van der Waals surface area contributed by atoms with Crippen LogP contribution in [0.25, 0.3) is 0 Å². The molecule has 1 atom stereocenters. The van der Waals surface area contributed by atoms with Crippen LogP contribution in [0.4, 0.5) is 8.78 Å². The van der Waals surface area contributed by atoms with Gasteiger partial charge in [-0.2, -0.15) is 5.10 Å². The molecule has 0 amide bonds. The molecule has 1 unspecified atom stereocenters. The molecule has 1 aromatic carbocycles. The van der Waals surface area contributed by atoms with E-state index in [9.17, 15) is 8.78 Å². The van der Waals surface area contributed by atoms with Gasteiger partial charge in [0.2, 0.25) is 0 Å². The molecule has 0 aliphatic carbocycles. The molecule has 0 fully saturated rings. The fraction of sp³-hybridized carbons (Fsp3) is 0.250. The van der Waals surface area contributed by atoms with Gasteiger partial charge in [0.1, 0.15) is 17.3 Å². The predicted molar refractivity (Wildman–Crippen MR) is 69.8 cm³/mol. The number of ether oxygens (including phenoxy) is 1. The Hall–Kier alpha value is -1.47. The molecule has 0 aliphatic heterocycles. The molecule has 19 heavy (non-hydrogen) atoms. The van der Waals surface area contributed by atoms with Crippen molar-refractivity contribution >= 4 is 15.9 Å². The van der Waals surface area contributed by atoms with Crippen LogP contribution in [0.15, 0.2) is 22.8 Å². The first-order valence-electron chi connectivity index (χ1n) is 5.41. The Morgan fingerprint density at radius 1 is 1.37 bits per heavy atom. The van der Waals surface area contributed by atoms with Crippen LogP contribution < -0.4 is 10.5 Å². The van der Waals surface area contributed by atoms with Gasteiger partial charge in [0.25, 0.3) is 0 Å². The first-order valence-corrected chi connectivity index (χ1v) is 6.21. The van der Waals surface area contributed by atoms with E-state index in [2.05, 4.69) is 21.0 Å². The summed E-state index contributed by atoms with van der Waals surface area (Å²) < 4.78 is 34.6.